The van der Waals surface area contributed by atoms with E-state index in [1.165, 1.54) is 17.4 Å². The van der Waals surface area contributed by atoms with Gasteiger partial charge in [-0.3, -0.25) is 24.6 Å². The molecule has 8 nitrogen and oxygen atoms in total. The summed E-state index contributed by atoms with van der Waals surface area (Å²) in [7, 11) is 0. The van der Waals surface area contributed by atoms with Crippen LogP contribution in [0.3, 0.4) is 0 Å². The van der Waals surface area contributed by atoms with Crippen LogP contribution in [0, 0.1) is 6.92 Å². The second-order valence-electron chi connectivity index (χ2n) is 5.47. The smallest absolute Gasteiger partial charge is 0.277 e. The van der Waals surface area contributed by atoms with Crippen molar-refractivity contribution in [2.45, 2.75) is 6.92 Å². The molecule has 0 spiro atoms. The third-order valence-corrected chi connectivity index (χ3v) is 4.52. The maximum Gasteiger partial charge on any atom is 0.277 e. The molecule has 3 N–H and O–H groups in total. The van der Waals surface area contributed by atoms with Gasteiger partial charge in [-0.2, -0.15) is 0 Å². The van der Waals surface area contributed by atoms with E-state index in [0.29, 0.717) is 21.9 Å². The zero-order valence-corrected chi connectivity index (χ0v) is 14.7. The SMILES string of the molecule is Cc1c(NC2=CC(=O)N(CCO)C2=O)cccc1C(=O)Nc1nccs1. The highest BCUT2D eigenvalue weighted by atomic mass is 32.1. The van der Waals surface area contributed by atoms with Crippen molar-refractivity contribution in [2.75, 3.05) is 23.8 Å². The lowest BCUT2D eigenvalue weighted by Crippen LogP contribution is -2.34. The Kier molecular flexibility index (Phi) is 5.10. The highest BCUT2D eigenvalue weighted by Gasteiger charge is 2.31. The Hall–Kier alpha value is -3.04. The van der Waals surface area contributed by atoms with Gasteiger partial charge >= 0.3 is 0 Å². The molecule has 0 atom stereocenters. The van der Waals surface area contributed by atoms with Crippen molar-refractivity contribution in [1.82, 2.24) is 9.88 Å². The Morgan fingerprint density at radius 3 is 2.85 bits per heavy atom. The van der Waals surface area contributed by atoms with Crippen molar-refractivity contribution in [2.24, 2.45) is 0 Å². The Balaban J connectivity index is 1.80. The van der Waals surface area contributed by atoms with Gasteiger partial charge in [-0.15, -0.1) is 11.3 Å². The molecule has 0 aliphatic carbocycles. The minimum atomic E-state index is -0.513. The second kappa shape index (κ2) is 7.46. The third kappa shape index (κ3) is 3.48. The van der Waals surface area contributed by atoms with Gasteiger partial charge < -0.3 is 10.4 Å². The number of carbonyl (C=O) groups is 3. The van der Waals surface area contributed by atoms with Crippen LogP contribution >= 0.6 is 11.3 Å². The van der Waals surface area contributed by atoms with Crippen LogP contribution < -0.4 is 10.6 Å². The number of β-amino-alcohol motifs (C(OH)–C–C–N with tert-alkyl or cyclic N) is 1. The van der Waals surface area contributed by atoms with Crippen LogP contribution in [0.2, 0.25) is 0 Å². The monoisotopic (exact) mass is 372 g/mol. The van der Waals surface area contributed by atoms with Gasteiger partial charge in [0.05, 0.1) is 13.2 Å². The van der Waals surface area contributed by atoms with E-state index in [9.17, 15) is 14.4 Å². The standard InChI is InChI=1S/C17H16N4O4S/c1-10-11(15(24)20-17-18-5-8-26-17)3-2-4-12(10)19-13-9-14(23)21(6-7-22)16(13)25/h2-5,8-9,19,22H,6-7H2,1H3,(H,18,20,24). The van der Waals surface area contributed by atoms with E-state index < -0.39 is 11.8 Å². The van der Waals surface area contributed by atoms with E-state index >= 15 is 0 Å². The summed E-state index contributed by atoms with van der Waals surface area (Å²) in [5.41, 5.74) is 1.69. The summed E-state index contributed by atoms with van der Waals surface area (Å²) in [6.45, 7) is 1.38. The number of aromatic nitrogens is 1. The number of anilines is 2. The maximum absolute atomic E-state index is 12.4. The summed E-state index contributed by atoms with van der Waals surface area (Å²) in [6, 6.07) is 5.06. The number of benzene rings is 1. The molecule has 2 heterocycles. The highest BCUT2D eigenvalue weighted by molar-refractivity contribution is 7.13. The Bertz CT molecular complexity index is 892. The van der Waals surface area contributed by atoms with Gasteiger partial charge in [0, 0.05) is 28.9 Å². The molecule has 134 valence electrons. The van der Waals surface area contributed by atoms with Crippen LogP contribution in [0.1, 0.15) is 15.9 Å². The van der Waals surface area contributed by atoms with Crippen molar-refractivity contribution in [3.8, 4) is 0 Å². The van der Waals surface area contributed by atoms with Crippen molar-refractivity contribution < 1.29 is 19.5 Å². The fourth-order valence-electron chi connectivity index (χ4n) is 2.52. The molecule has 1 aromatic carbocycles. The first-order valence-electron chi connectivity index (χ1n) is 7.77. The molecule has 1 aromatic heterocycles. The summed E-state index contributed by atoms with van der Waals surface area (Å²) in [5, 5.41) is 16.8. The first kappa shape index (κ1) is 17.8. The molecule has 3 rings (SSSR count). The van der Waals surface area contributed by atoms with Crippen LogP contribution in [0.15, 0.2) is 41.5 Å². The van der Waals surface area contributed by atoms with E-state index in [1.54, 1.807) is 36.7 Å². The third-order valence-electron chi connectivity index (χ3n) is 3.83. The number of nitrogens with one attached hydrogen (secondary N) is 2. The van der Waals surface area contributed by atoms with Crippen molar-refractivity contribution in [1.29, 1.82) is 0 Å². The van der Waals surface area contributed by atoms with Gasteiger partial charge in [-0.1, -0.05) is 6.07 Å². The summed E-state index contributed by atoms with van der Waals surface area (Å²) < 4.78 is 0. The molecule has 9 heteroatoms. The van der Waals surface area contributed by atoms with E-state index in [4.69, 9.17) is 5.11 Å². The first-order valence-corrected chi connectivity index (χ1v) is 8.65. The topological polar surface area (TPSA) is 112 Å². The molecule has 1 aliphatic heterocycles. The number of nitrogens with zero attached hydrogens (tertiary/aromatic N) is 2. The molecule has 0 bridgehead atoms. The van der Waals surface area contributed by atoms with Gasteiger partial charge in [-0.05, 0) is 24.6 Å². The number of imide groups is 1. The molecule has 0 fully saturated rings. The Morgan fingerprint density at radius 1 is 1.35 bits per heavy atom. The quantitative estimate of drug-likeness (QED) is 0.660. The molecule has 0 saturated heterocycles. The minimum absolute atomic E-state index is 0.0609. The average Bonchev–Trinajstić information content (AvgIpc) is 3.21. The number of rotatable bonds is 6. The second-order valence-corrected chi connectivity index (χ2v) is 6.37. The van der Waals surface area contributed by atoms with Crippen molar-refractivity contribution in [3.63, 3.8) is 0 Å². The predicted molar refractivity (Wildman–Crippen MR) is 96.8 cm³/mol. The maximum atomic E-state index is 12.4. The van der Waals surface area contributed by atoms with Crippen LogP contribution in [0.5, 0.6) is 0 Å². The summed E-state index contributed by atoms with van der Waals surface area (Å²) >= 11 is 1.31. The summed E-state index contributed by atoms with van der Waals surface area (Å²) in [4.78, 5) is 41.5. The van der Waals surface area contributed by atoms with E-state index in [2.05, 4.69) is 15.6 Å². The van der Waals surface area contributed by atoms with Crippen LogP contribution in [-0.2, 0) is 9.59 Å². The fraction of sp³-hybridized carbons (Fsp3) is 0.176. The largest absolute Gasteiger partial charge is 0.395 e. The minimum Gasteiger partial charge on any atom is -0.395 e. The van der Waals surface area contributed by atoms with Gasteiger partial charge in [0.1, 0.15) is 5.70 Å². The molecule has 3 amide bonds. The number of hydrogen-bond donors (Lipinski definition) is 3. The lowest BCUT2D eigenvalue weighted by molar-refractivity contribution is -0.137. The molecule has 1 aliphatic rings. The molecule has 0 radical (unpaired) electrons. The molecule has 0 unspecified atom stereocenters. The van der Waals surface area contributed by atoms with Crippen molar-refractivity contribution in [3.05, 3.63) is 52.7 Å². The zero-order chi connectivity index (χ0) is 18.7. The zero-order valence-electron chi connectivity index (χ0n) is 13.9. The van der Waals surface area contributed by atoms with Crippen LogP contribution in [0.25, 0.3) is 0 Å². The molecule has 0 saturated carbocycles. The van der Waals surface area contributed by atoms with E-state index in [-0.39, 0.29) is 24.8 Å². The van der Waals surface area contributed by atoms with Gasteiger partial charge in [0.25, 0.3) is 17.7 Å². The summed E-state index contributed by atoms with van der Waals surface area (Å²) in [6.07, 6.45) is 2.78. The number of hydrogen-bond acceptors (Lipinski definition) is 7. The number of aliphatic hydroxyl groups excluding tert-OH is 1. The van der Waals surface area contributed by atoms with E-state index in [1.807, 2.05) is 0 Å². The number of thiazole rings is 1. The first-order chi connectivity index (χ1) is 12.5. The normalized spacial score (nSPS) is 13.8. The summed E-state index contributed by atoms with van der Waals surface area (Å²) in [5.74, 6) is -1.31. The van der Waals surface area contributed by atoms with Gasteiger partial charge in [0.2, 0.25) is 0 Å². The molecular formula is C17H16N4O4S. The van der Waals surface area contributed by atoms with Gasteiger partial charge in [0.15, 0.2) is 5.13 Å². The van der Waals surface area contributed by atoms with Crippen molar-refractivity contribution >= 4 is 39.9 Å². The van der Waals surface area contributed by atoms with Gasteiger partial charge in [-0.25, -0.2) is 4.98 Å². The predicted octanol–water partition coefficient (Wildman–Crippen LogP) is 1.36. The molecular weight excluding hydrogens is 356 g/mol. The molecule has 2 aromatic rings. The number of carbonyl (C=O) groups excluding carboxylic acids is 3. The number of aliphatic hydroxyl groups is 1. The lowest BCUT2D eigenvalue weighted by Gasteiger charge is -2.15. The Morgan fingerprint density at radius 2 is 2.15 bits per heavy atom. The van der Waals surface area contributed by atoms with Crippen LogP contribution in [0.4, 0.5) is 10.8 Å². The Labute approximate surface area is 153 Å². The average molecular weight is 372 g/mol. The molecule has 26 heavy (non-hydrogen) atoms. The van der Waals surface area contributed by atoms with Crippen LogP contribution in [-0.4, -0.2) is 45.9 Å². The lowest BCUT2D eigenvalue weighted by atomic mass is 10.1. The number of amides is 3. The highest BCUT2D eigenvalue weighted by Crippen LogP contribution is 2.24. The van der Waals surface area contributed by atoms with E-state index in [0.717, 1.165) is 4.90 Å². The fourth-order valence-corrected chi connectivity index (χ4v) is 3.05.